The van der Waals surface area contributed by atoms with Crippen molar-refractivity contribution in [3.05, 3.63) is 115 Å². The van der Waals surface area contributed by atoms with E-state index in [0.717, 1.165) is 41.1 Å². The number of thiophene rings is 1. The lowest BCUT2D eigenvalue weighted by molar-refractivity contribution is 0.660. The van der Waals surface area contributed by atoms with Crippen molar-refractivity contribution < 1.29 is 0 Å². The van der Waals surface area contributed by atoms with E-state index in [9.17, 15) is 0 Å². The van der Waals surface area contributed by atoms with E-state index in [1.165, 1.54) is 44.5 Å². The van der Waals surface area contributed by atoms with Crippen molar-refractivity contribution in [1.82, 2.24) is 9.97 Å². The van der Waals surface area contributed by atoms with Crippen LogP contribution >= 0.6 is 43.2 Å². The number of benzene rings is 4. The highest BCUT2D eigenvalue weighted by molar-refractivity contribution is 9.12. The molecule has 0 aliphatic heterocycles. The number of fused-ring (bicyclic) bond motifs is 7. The molecular formula is C38H32Br2N2S. The summed E-state index contributed by atoms with van der Waals surface area (Å²) < 4.78 is 1.97. The molecule has 2 nitrogen and oxygen atoms in total. The second-order valence-corrected chi connectivity index (χ2v) is 15.8. The number of halogens is 2. The van der Waals surface area contributed by atoms with Crippen molar-refractivity contribution >= 4 is 54.2 Å². The fourth-order valence-corrected chi connectivity index (χ4v) is 9.80. The van der Waals surface area contributed by atoms with Crippen LogP contribution in [0.15, 0.2) is 92.5 Å². The van der Waals surface area contributed by atoms with Crippen LogP contribution in [0.5, 0.6) is 0 Å². The average Bonchev–Trinajstić information content (AvgIpc) is 3.54. The molecule has 0 N–H and O–H groups in total. The second kappa shape index (κ2) is 10.2. The van der Waals surface area contributed by atoms with E-state index in [0.29, 0.717) is 0 Å². The van der Waals surface area contributed by atoms with E-state index >= 15 is 0 Å². The number of rotatable bonds is 2. The summed E-state index contributed by atoms with van der Waals surface area (Å²) in [6.45, 7) is 13.3. The highest BCUT2D eigenvalue weighted by Crippen LogP contribution is 2.52. The standard InChI is InChI=1S/C36H26Br2N2S.C2H6/c1-35(2)25-11-7-5-9-21(25)23-15-13-19(17-27(23)35)29-30(40-32-31(39-29)33(37)41-34(32)38)20-14-16-24-22-10-6-8-12-26(22)36(3,4)28(24)18-20;1-2/h5-18H,1-4H3;1-2H3. The Hall–Kier alpha value is -3.12. The molecule has 5 heteroatoms. The summed E-state index contributed by atoms with van der Waals surface area (Å²) >= 11 is 9.12. The van der Waals surface area contributed by atoms with Crippen molar-refractivity contribution in [2.24, 2.45) is 0 Å². The first kappa shape index (κ1) is 28.6. The molecule has 0 bridgehead atoms. The molecule has 0 fully saturated rings. The number of hydrogen-bond donors (Lipinski definition) is 0. The van der Waals surface area contributed by atoms with Gasteiger partial charge in [-0.3, -0.25) is 0 Å². The minimum atomic E-state index is -0.0883. The minimum Gasteiger partial charge on any atom is -0.242 e. The zero-order valence-electron chi connectivity index (χ0n) is 25.1. The Balaban J connectivity index is 0.00000147. The lowest BCUT2D eigenvalue weighted by atomic mass is 9.81. The zero-order valence-corrected chi connectivity index (χ0v) is 29.1. The van der Waals surface area contributed by atoms with Gasteiger partial charge in [-0.05, 0) is 88.5 Å². The van der Waals surface area contributed by atoms with Crippen molar-refractivity contribution in [3.8, 4) is 44.8 Å². The van der Waals surface area contributed by atoms with Crippen LogP contribution in [0.4, 0.5) is 0 Å². The van der Waals surface area contributed by atoms with Crippen LogP contribution in [-0.4, -0.2) is 9.97 Å². The Morgan fingerprint density at radius 2 is 0.884 bits per heavy atom. The quantitative estimate of drug-likeness (QED) is 0.179. The van der Waals surface area contributed by atoms with Gasteiger partial charge in [0.2, 0.25) is 0 Å². The van der Waals surface area contributed by atoms with Gasteiger partial charge in [0.15, 0.2) is 0 Å². The summed E-state index contributed by atoms with van der Waals surface area (Å²) in [6.07, 6.45) is 0. The second-order valence-electron chi connectivity index (χ2n) is 12.1. The molecule has 8 rings (SSSR count). The summed E-state index contributed by atoms with van der Waals surface area (Å²) in [5.74, 6) is 0. The summed E-state index contributed by atoms with van der Waals surface area (Å²) in [5.41, 5.74) is 16.3. The van der Waals surface area contributed by atoms with Gasteiger partial charge in [-0.1, -0.05) is 114 Å². The topological polar surface area (TPSA) is 25.8 Å². The van der Waals surface area contributed by atoms with Gasteiger partial charge in [-0.2, -0.15) is 0 Å². The fraction of sp³-hybridized carbons (Fsp3) is 0.211. The maximum Gasteiger partial charge on any atom is 0.116 e. The van der Waals surface area contributed by atoms with Gasteiger partial charge >= 0.3 is 0 Å². The van der Waals surface area contributed by atoms with Crippen molar-refractivity contribution in [2.75, 3.05) is 0 Å². The Bertz CT molecular complexity index is 1940. The van der Waals surface area contributed by atoms with Crippen molar-refractivity contribution in [2.45, 2.75) is 52.4 Å². The maximum atomic E-state index is 5.30. The first-order valence-electron chi connectivity index (χ1n) is 14.8. The molecule has 0 radical (unpaired) electrons. The van der Waals surface area contributed by atoms with Crippen LogP contribution in [0.1, 0.15) is 63.8 Å². The predicted octanol–water partition coefficient (Wildman–Crippen LogP) is 12.2. The number of aromatic nitrogens is 2. The lowest BCUT2D eigenvalue weighted by Gasteiger charge is -2.23. The van der Waals surface area contributed by atoms with Crippen molar-refractivity contribution in [3.63, 3.8) is 0 Å². The molecule has 214 valence electrons. The Kier molecular flexibility index (Phi) is 6.81. The van der Waals surface area contributed by atoms with Crippen LogP contribution in [-0.2, 0) is 10.8 Å². The van der Waals surface area contributed by atoms with Gasteiger partial charge in [0.1, 0.15) is 11.0 Å². The molecule has 0 saturated heterocycles. The molecule has 2 aliphatic rings. The first-order chi connectivity index (χ1) is 20.7. The molecular weight excluding hydrogens is 676 g/mol. The normalized spacial score (nSPS) is 14.9. The smallest absolute Gasteiger partial charge is 0.116 e. The highest BCUT2D eigenvalue weighted by atomic mass is 79.9. The van der Waals surface area contributed by atoms with E-state index in [2.05, 4.69) is 144 Å². The Labute approximate surface area is 274 Å². The number of hydrogen-bond acceptors (Lipinski definition) is 3. The number of nitrogens with zero attached hydrogens (tertiary/aromatic N) is 2. The monoisotopic (exact) mass is 706 g/mol. The molecule has 0 saturated carbocycles. The van der Waals surface area contributed by atoms with Crippen LogP contribution in [0, 0.1) is 0 Å². The fourth-order valence-electron chi connectivity index (χ4n) is 6.99. The summed E-state index contributed by atoms with van der Waals surface area (Å²) in [7, 11) is 0. The van der Waals surface area contributed by atoms with Crippen LogP contribution in [0.25, 0.3) is 55.8 Å². The molecule has 43 heavy (non-hydrogen) atoms. The zero-order chi connectivity index (χ0) is 30.3. The molecule has 6 aromatic rings. The lowest BCUT2D eigenvalue weighted by Crippen LogP contribution is -2.15. The molecule has 2 heterocycles. The van der Waals surface area contributed by atoms with E-state index < -0.39 is 0 Å². The van der Waals surface area contributed by atoms with Crippen LogP contribution < -0.4 is 0 Å². The third kappa shape index (κ3) is 4.15. The summed E-state index contributed by atoms with van der Waals surface area (Å²) in [5, 5.41) is 0. The molecule has 0 spiro atoms. The molecule has 0 unspecified atom stereocenters. The molecule has 2 aromatic heterocycles. The first-order valence-corrected chi connectivity index (χ1v) is 17.2. The summed E-state index contributed by atoms with van der Waals surface area (Å²) in [6, 6.07) is 31.2. The third-order valence-electron chi connectivity index (χ3n) is 9.16. The van der Waals surface area contributed by atoms with Gasteiger partial charge in [-0.15, -0.1) is 11.3 Å². The van der Waals surface area contributed by atoms with Gasteiger partial charge in [0.05, 0.1) is 19.0 Å². The Morgan fingerprint density at radius 1 is 0.512 bits per heavy atom. The average molecular weight is 709 g/mol. The largest absolute Gasteiger partial charge is 0.242 e. The van der Waals surface area contributed by atoms with E-state index in [1.807, 2.05) is 13.8 Å². The van der Waals surface area contributed by atoms with Gasteiger partial charge in [0.25, 0.3) is 0 Å². The molecule has 0 atom stereocenters. The maximum absolute atomic E-state index is 5.30. The Morgan fingerprint density at radius 3 is 1.30 bits per heavy atom. The third-order valence-corrected chi connectivity index (χ3v) is 11.6. The van der Waals surface area contributed by atoms with Crippen LogP contribution in [0.2, 0.25) is 0 Å². The minimum absolute atomic E-state index is 0.0883. The molecule has 4 aromatic carbocycles. The predicted molar refractivity (Wildman–Crippen MR) is 190 cm³/mol. The van der Waals surface area contributed by atoms with E-state index in [4.69, 9.17) is 9.97 Å². The molecule has 0 amide bonds. The van der Waals surface area contributed by atoms with E-state index in [-0.39, 0.29) is 10.8 Å². The van der Waals surface area contributed by atoms with E-state index in [1.54, 1.807) is 11.3 Å². The highest BCUT2D eigenvalue weighted by Gasteiger charge is 2.37. The molecule has 2 aliphatic carbocycles. The van der Waals surface area contributed by atoms with Crippen LogP contribution in [0.3, 0.4) is 0 Å². The summed E-state index contributed by atoms with van der Waals surface area (Å²) in [4.78, 5) is 10.6. The van der Waals surface area contributed by atoms with Gasteiger partial charge < -0.3 is 0 Å². The van der Waals surface area contributed by atoms with Crippen molar-refractivity contribution in [1.29, 1.82) is 0 Å². The SMILES string of the molecule is CC.CC1(C)c2ccccc2-c2ccc(-c3nc4c(Br)sc(Br)c4nc3-c3ccc4c(c3)C(C)(C)c3ccccc3-4)cc21. The van der Waals surface area contributed by atoms with Gasteiger partial charge in [-0.25, -0.2) is 9.97 Å². The van der Waals surface area contributed by atoms with Gasteiger partial charge in [0, 0.05) is 22.0 Å².